The molecule has 1 fully saturated rings. The Kier molecular flexibility index (Phi) is 4.65. The number of ether oxygens (including phenoxy) is 1. The van der Waals surface area contributed by atoms with Crippen molar-refractivity contribution in [3.8, 4) is 0 Å². The summed E-state index contributed by atoms with van der Waals surface area (Å²) in [5.41, 5.74) is 0.910. The lowest BCUT2D eigenvalue weighted by atomic mass is 9.97. The summed E-state index contributed by atoms with van der Waals surface area (Å²) >= 11 is 0. The second kappa shape index (κ2) is 6.26. The third-order valence-electron chi connectivity index (χ3n) is 3.74. The molecule has 0 spiro atoms. The third kappa shape index (κ3) is 3.96. The lowest BCUT2D eigenvalue weighted by molar-refractivity contribution is -0.159. The zero-order valence-electron chi connectivity index (χ0n) is 11.9. The molecule has 1 heterocycles. The fourth-order valence-electron chi connectivity index (χ4n) is 2.64. The van der Waals surface area contributed by atoms with Crippen molar-refractivity contribution in [2.45, 2.75) is 38.2 Å². The van der Waals surface area contributed by atoms with Gasteiger partial charge in [-0.2, -0.15) is 0 Å². The topological polar surface area (TPSA) is 78.9 Å². The minimum atomic E-state index is -0.987. The van der Waals surface area contributed by atoms with Gasteiger partial charge in [0.05, 0.1) is 13.1 Å². The molecule has 1 aliphatic carbocycles. The summed E-state index contributed by atoms with van der Waals surface area (Å²) in [6, 6.07) is -0.0972. The summed E-state index contributed by atoms with van der Waals surface area (Å²) in [6.07, 6.45) is 6.73. The number of allylic oxidation sites excluding steroid dienone is 1. The van der Waals surface area contributed by atoms with Crippen LogP contribution in [-0.4, -0.2) is 53.8 Å². The molecule has 0 bridgehead atoms. The third-order valence-corrected chi connectivity index (χ3v) is 3.74. The number of carboxylic acid groups (broad SMARTS) is 1. The van der Waals surface area contributed by atoms with Crippen LogP contribution in [-0.2, 0) is 9.53 Å². The van der Waals surface area contributed by atoms with Gasteiger partial charge in [-0.05, 0) is 32.6 Å². The molecular formula is C14H22N2O4. The lowest BCUT2D eigenvalue weighted by Gasteiger charge is -2.46. The summed E-state index contributed by atoms with van der Waals surface area (Å²) in [5, 5.41) is 11.5. The molecule has 0 aromatic carbocycles. The second-order valence-electron chi connectivity index (χ2n) is 5.72. The lowest BCUT2D eigenvalue weighted by Crippen LogP contribution is -2.65. The Hall–Kier alpha value is -1.56. The smallest absolute Gasteiger partial charge is 0.329 e. The predicted molar refractivity (Wildman–Crippen MR) is 73.5 cm³/mol. The number of likely N-dealkylation sites (tertiary alicyclic amines) is 1. The molecule has 0 unspecified atom stereocenters. The van der Waals surface area contributed by atoms with E-state index in [9.17, 15) is 9.59 Å². The van der Waals surface area contributed by atoms with E-state index in [-0.39, 0.29) is 12.6 Å². The molecule has 0 atom stereocenters. The number of carboxylic acids is 1. The van der Waals surface area contributed by atoms with Crippen molar-refractivity contribution in [2.75, 3.05) is 26.2 Å². The van der Waals surface area contributed by atoms with Crippen LogP contribution >= 0.6 is 0 Å². The fraction of sp³-hybridized carbons (Fsp3) is 0.714. The molecule has 20 heavy (non-hydrogen) atoms. The minimum absolute atomic E-state index is 0.0972. The van der Waals surface area contributed by atoms with Crippen LogP contribution in [0, 0.1) is 0 Å². The van der Waals surface area contributed by atoms with Crippen molar-refractivity contribution in [1.29, 1.82) is 0 Å². The number of urea groups is 1. The number of aliphatic carboxylic acids is 1. The Bertz CT molecular complexity index is 413. The predicted octanol–water partition coefficient (Wildman–Crippen LogP) is 1.37. The van der Waals surface area contributed by atoms with Crippen LogP contribution in [0.15, 0.2) is 11.6 Å². The maximum Gasteiger partial charge on any atom is 0.329 e. The SMILES string of the molecule is CC1(OCC(=O)O)CN(C(=O)NCCC2=CCCC2)C1. The van der Waals surface area contributed by atoms with E-state index in [4.69, 9.17) is 9.84 Å². The molecule has 6 nitrogen and oxygen atoms in total. The first-order chi connectivity index (χ1) is 9.48. The molecule has 0 aromatic heterocycles. The molecule has 2 amide bonds. The van der Waals surface area contributed by atoms with Crippen molar-refractivity contribution >= 4 is 12.0 Å². The van der Waals surface area contributed by atoms with Gasteiger partial charge >= 0.3 is 12.0 Å². The van der Waals surface area contributed by atoms with Gasteiger partial charge in [-0.3, -0.25) is 0 Å². The largest absolute Gasteiger partial charge is 0.480 e. The van der Waals surface area contributed by atoms with Crippen LogP contribution < -0.4 is 5.32 Å². The van der Waals surface area contributed by atoms with Crippen LogP contribution in [0.3, 0.4) is 0 Å². The van der Waals surface area contributed by atoms with Crippen LogP contribution in [0.4, 0.5) is 4.79 Å². The van der Waals surface area contributed by atoms with E-state index in [1.807, 2.05) is 6.92 Å². The number of rotatable bonds is 6. The summed E-state index contributed by atoms with van der Waals surface area (Å²) in [5.74, 6) is -0.987. The fourth-order valence-corrected chi connectivity index (χ4v) is 2.64. The van der Waals surface area contributed by atoms with Crippen molar-refractivity contribution in [3.63, 3.8) is 0 Å². The quantitative estimate of drug-likeness (QED) is 0.721. The van der Waals surface area contributed by atoms with Crippen LogP contribution in [0.5, 0.6) is 0 Å². The minimum Gasteiger partial charge on any atom is -0.480 e. The Morgan fingerprint density at radius 2 is 2.25 bits per heavy atom. The van der Waals surface area contributed by atoms with E-state index in [1.165, 1.54) is 12.0 Å². The first kappa shape index (κ1) is 14.8. The van der Waals surface area contributed by atoms with Gasteiger partial charge in [-0.1, -0.05) is 11.6 Å². The summed E-state index contributed by atoms with van der Waals surface area (Å²) in [7, 11) is 0. The number of carbonyl (C=O) groups is 2. The van der Waals surface area contributed by atoms with Gasteiger partial charge < -0.3 is 20.1 Å². The number of hydrogen-bond acceptors (Lipinski definition) is 3. The number of nitrogens with zero attached hydrogens (tertiary/aromatic N) is 1. The zero-order valence-corrected chi connectivity index (χ0v) is 11.9. The van der Waals surface area contributed by atoms with Crippen molar-refractivity contribution in [1.82, 2.24) is 10.2 Å². The molecule has 0 aromatic rings. The van der Waals surface area contributed by atoms with Crippen LogP contribution in [0.2, 0.25) is 0 Å². The highest BCUT2D eigenvalue weighted by Crippen LogP contribution is 2.24. The van der Waals surface area contributed by atoms with Crippen LogP contribution in [0.1, 0.15) is 32.6 Å². The van der Waals surface area contributed by atoms with E-state index in [2.05, 4.69) is 11.4 Å². The van der Waals surface area contributed by atoms with E-state index < -0.39 is 11.6 Å². The summed E-state index contributed by atoms with van der Waals surface area (Å²) in [6.45, 7) is 3.04. The first-order valence-electron chi connectivity index (χ1n) is 7.05. The standard InChI is InChI=1S/C14H22N2O4/c1-14(20-8-12(17)18)9-16(10-14)13(19)15-7-6-11-4-2-3-5-11/h4H,2-3,5-10H2,1H3,(H,15,19)(H,17,18). The highest BCUT2D eigenvalue weighted by molar-refractivity contribution is 5.75. The van der Waals surface area contributed by atoms with Crippen molar-refractivity contribution < 1.29 is 19.4 Å². The Morgan fingerprint density at radius 1 is 1.50 bits per heavy atom. The van der Waals surface area contributed by atoms with Gasteiger partial charge in [-0.15, -0.1) is 0 Å². The van der Waals surface area contributed by atoms with Gasteiger partial charge in [0.2, 0.25) is 0 Å². The number of nitrogens with one attached hydrogen (secondary N) is 1. The van der Waals surface area contributed by atoms with Crippen molar-refractivity contribution in [3.05, 3.63) is 11.6 Å². The molecule has 0 saturated carbocycles. The Morgan fingerprint density at radius 3 is 2.85 bits per heavy atom. The number of carbonyl (C=O) groups excluding carboxylic acids is 1. The summed E-state index contributed by atoms with van der Waals surface area (Å²) < 4.78 is 5.26. The monoisotopic (exact) mass is 282 g/mol. The number of hydrogen-bond donors (Lipinski definition) is 2. The molecule has 112 valence electrons. The molecule has 2 N–H and O–H groups in total. The van der Waals surface area contributed by atoms with Gasteiger partial charge in [0.1, 0.15) is 12.2 Å². The maximum atomic E-state index is 11.8. The van der Waals surface area contributed by atoms with E-state index in [0.29, 0.717) is 19.6 Å². The first-order valence-corrected chi connectivity index (χ1v) is 7.05. The molecule has 0 radical (unpaired) electrons. The van der Waals surface area contributed by atoms with Crippen molar-refractivity contribution in [2.24, 2.45) is 0 Å². The summed E-state index contributed by atoms with van der Waals surface area (Å²) in [4.78, 5) is 23.9. The maximum absolute atomic E-state index is 11.8. The van der Waals surface area contributed by atoms with Gasteiger partial charge in [0.25, 0.3) is 0 Å². The highest BCUT2D eigenvalue weighted by atomic mass is 16.5. The second-order valence-corrected chi connectivity index (χ2v) is 5.72. The van der Waals surface area contributed by atoms with E-state index >= 15 is 0 Å². The highest BCUT2D eigenvalue weighted by Gasteiger charge is 2.42. The van der Waals surface area contributed by atoms with E-state index in [1.54, 1.807) is 4.90 Å². The van der Waals surface area contributed by atoms with Crippen LogP contribution in [0.25, 0.3) is 0 Å². The zero-order chi connectivity index (χ0) is 14.6. The van der Waals surface area contributed by atoms with E-state index in [0.717, 1.165) is 19.3 Å². The average Bonchev–Trinajstić information content (AvgIpc) is 2.86. The molecule has 2 rings (SSSR count). The molecule has 6 heteroatoms. The Balaban J connectivity index is 1.62. The molecule has 2 aliphatic rings. The number of amides is 2. The Labute approximate surface area is 118 Å². The molecular weight excluding hydrogens is 260 g/mol. The average molecular weight is 282 g/mol. The normalized spacial score (nSPS) is 20.2. The van der Waals surface area contributed by atoms with Gasteiger partial charge in [0.15, 0.2) is 0 Å². The van der Waals surface area contributed by atoms with Gasteiger partial charge in [0, 0.05) is 6.54 Å². The molecule has 1 aliphatic heterocycles. The van der Waals surface area contributed by atoms with Gasteiger partial charge in [-0.25, -0.2) is 9.59 Å². The molecule has 1 saturated heterocycles.